The molecule has 0 radical (unpaired) electrons. The summed E-state index contributed by atoms with van der Waals surface area (Å²) in [6.07, 6.45) is 3.63. The van der Waals surface area contributed by atoms with Gasteiger partial charge in [-0.1, -0.05) is 6.07 Å². The smallest absolute Gasteiger partial charge is 0.328 e. The van der Waals surface area contributed by atoms with Gasteiger partial charge in [0.2, 0.25) is 0 Å². The van der Waals surface area contributed by atoms with Crippen molar-refractivity contribution in [2.24, 2.45) is 0 Å². The van der Waals surface area contributed by atoms with Crippen LogP contribution in [0.3, 0.4) is 0 Å². The topological polar surface area (TPSA) is 122 Å². The van der Waals surface area contributed by atoms with Crippen LogP contribution in [0.2, 0.25) is 0 Å². The number of methoxy groups -OCH3 is 1. The molecule has 3 heterocycles. The lowest BCUT2D eigenvalue weighted by Crippen LogP contribution is -2.32. The van der Waals surface area contributed by atoms with Gasteiger partial charge in [0, 0.05) is 33.0 Å². The first-order valence-electron chi connectivity index (χ1n) is 8.73. The summed E-state index contributed by atoms with van der Waals surface area (Å²) < 4.78 is 15.5. The average molecular weight is 396 g/mol. The van der Waals surface area contributed by atoms with Gasteiger partial charge < -0.3 is 19.5 Å². The fraction of sp³-hybridized carbons (Fsp3) is 0.263. The zero-order chi connectivity index (χ0) is 20.6. The fourth-order valence-electron chi connectivity index (χ4n) is 2.48. The van der Waals surface area contributed by atoms with Gasteiger partial charge >= 0.3 is 6.03 Å². The monoisotopic (exact) mass is 396 g/mol. The summed E-state index contributed by atoms with van der Waals surface area (Å²) in [5.74, 6) is 0.703. The Balaban J connectivity index is 1.70. The minimum atomic E-state index is -0.632. The van der Waals surface area contributed by atoms with E-state index in [0.717, 1.165) is 0 Å². The molecule has 10 heteroatoms. The van der Waals surface area contributed by atoms with Crippen molar-refractivity contribution in [1.82, 2.24) is 9.97 Å². The van der Waals surface area contributed by atoms with E-state index in [9.17, 15) is 10.1 Å². The summed E-state index contributed by atoms with van der Waals surface area (Å²) in [5, 5.41) is 15.0. The number of ether oxygens (including phenoxy) is 3. The van der Waals surface area contributed by atoms with Gasteiger partial charge in [-0.3, -0.25) is 10.2 Å². The van der Waals surface area contributed by atoms with Crippen LogP contribution in [0.15, 0.2) is 43.0 Å². The third-order valence-corrected chi connectivity index (χ3v) is 3.99. The van der Waals surface area contributed by atoms with E-state index < -0.39 is 12.3 Å². The molecule has 0 aliphatic carbocycles. The zero-order valence-electron chi connectivity index (χ0n) is 16.0. The first kappa shape index (κ1) is 19.9. The summed E-state index contributed by atoms with van der Waals surface area (Å²) >= 11 is 0. The predicted molar refractivity (Wildman–Crippen MR) is 105 cm³/mol. The number of pyridine rings is 2. The van der Waals surface area contributed by atoms with Gasteiger partial charge in [-0.15, -0.1) is 0 Å². The van der Waals surface area contributed by atoms with Gasteiger partial charge in [-0.2, -0.15) is 5.26 Å². The number of anilines is 3. The highest BCUT2D eigenvalue weighted by molar-refractivity contribution is 6.00. The maximum absolute atomic E-state index is 12.6. The van der Waals surface area contributed by atoms with E-state index in [1.165, 1.54) is 23.6 Å². The molecule has 1 aliphatic rings. The molecule has 2 amide bonds. The van der Waals surface area contributed by atoms with Crippen LogP contribution in [-0.4, -0.2) is 43.3 Å². The van der Waals surface area contributed by atoms with E-state index in [2.05, 4.69) is 26.7 Å². The Morgan fingerprint density at radius 2 is 2.17 bits per heavy atom. The van der Waals surface area contributed by atoms with Crippen molar-refractivity contribution in [3.8, 4) is 6.07 Å². The predicted octanol–water partition coefficient (Wildman–Crippen LogP) is 2.59. The molecule has 2 aromatic heterocycles. The lowest BCUT2D eigenvalue weighted by atomic mass is 10.2. The maximum atomic E-state index is 12.6. The van der Waals surface area contributed by atoms with E-state index >= 15 is 0 Å². The molecule has 0 bridgehead atoms. The molecule has 0 atom stereocenters. The first-order chi connectivity index (χ1) is 14.1. The molecular formula is C19H20N6O4. The van der Waals surface area contributed by atoms with E-state index in [-0.39, 0.29) is 0 Å². The van der Waals surface area contributed by atoms with E-state index in [1.54, 1.807) is 38.4 Å². The lowest BCUT2D eigenvalue weighted by Gasteiger charge is -2.19. The molecule has 0 saturated carbocycles. The zero-order valence-corrected chi connectivity index (χ0v) is 16.0. The Bertz CT molecular complexity index is 935. The molecule has 3 rings (SSSR count). The Kier molecular flexibility index (Phi) is 6.44. The number of hydrogen-bond donors (Lipinski definition) is 2. The minimum Gasteiger partial charge on any atom is -0.454 e. The Hall–Kier alpha value is -3.84. The van der Waals surface area contributed by atoms with Crippen molar-refractivity contribution in [1.29, 1.82) is 5.26 Å². The Morgan fingerprint density at radius 3 is 2.90 bits per heavy atom. The first-order valence-corrected chi connectivity index (χ1v) is 8.73. The number of carbonyl (C=O) groups is 1. The van der Waals surface area contributed by atoms with Crippen LogP contribution >= 0.6 is 0 Å². The molecule has 1 aliphatic heterocycles. The van der Waals surface area contributed by atoms with Crippen LogP contribution in [0.25, 0.3) is 0 Å². The molecule has 0 aromatic carbocycles. The van der Waals surface area contributed by atoms with E-state index in [4.69, 9.17) is 14.2 Å². The van der Waals surface area contributed by atoms with Crippen LogP contribution < -0.4 is 15.5 Å². The molecule has 0 saturated heterocycles. The largest absolute Gasteiger partial charge is 0.454 e. The van der Waals surface area contributed by atoms with Crippen LogP contribution in [0.4, 0.5) is 22.1 Å². The summed E-state index contributed by atoms with van der Waals surface area (Å²) in [7, 11) is 3.17. The summed E-state index contributed by atoms with van der Waals surface area (Å²) in [6, 6.07) is 8.39. The van der Waals surface area contributed by atoms with Gasteiger partial charge in [0.1, 0.15) is 35.9 Å². The number of aromatic nitrogens is 2. The SMILES string of the molecule is COCCNc1cc(NC(=O)N(C)c2cccc(C3OC=CO3)n2)ncc1C#N. The summed E-state index contributed by atoms with van der Waals surface area (Å²) in [4.78, 5) is 22.5. The average Bonchev–Trinajstić information content (AvgIpc) is 3.29. The number of carbonyl (C=O) groups excluding carboxylic acids is 1. The second kappa shape index (κ2) is 9.38. The number of nitrogens with one attached hydrogen (secondary N) is 2. The van der Waals surface area contributed by atoms with E-state index in [1.807, 2.05) is 0 Å². The number of nitriles is 1. The molecule has 0 spiro atoms. The number of rotatable bonds is 7. The van der Waals surface area contributed by atoms with Crippen molar-refractivity contribution < 1.29 is 19.0 Å². The van der Waals surface area contributed by atoms with Gasteiger partial charge in [0.15, 0.2) is 0 Å². The van der Waals surface area contributed by atoms with Gasteiger partial charge in [-0.25, -0.2) is 14.8 Å². The number of urea groups is 1. The van der Waals surface area contributed by atoms with Crippen molar-refractivity contribution in [2.45, 2.75) is 6.29 Å². The highest BCUT2D eigenvalue weighted by Gasteiger charge is 2.20. The van der Waals surface area contributed by atoms with Gasteiger partial charge in [0.05, 0.1) is 17.9 Å². The second-order valence-electron chi connectivity index (χ2n) is 5.93. The normalized spacial score (nSPS) is 12.6. The molecular weight excluding hydrogens is 376 g/mol. The van der Waals surface area contributed by atoms with Gasteiger partial charge in [0.25, 0.3) is 6.29 Å². The van der Waals surface area contributed by atoms with Crippen LogP contribution in [-0.2, 0) is 14.2 Å². The van der Waals surface area contributed by atoms with Crippen molar-refractivity contribution in [3.05, 3.63) is 54.2 Å². The lowest BCUT2D eigenvalue weighted by molar-refractivity contribution is -0.0278. The number of amides is 2. The van der Waals surface area contributed by atoms with Crippen LogP contribution in [0.5, 0.6) is 0 Å². The third kappa shape index (κ3) is 4.91. The summed E-state index contributed by atoms with van der Waals surface area (Å²) in [6.45, 7) is 0.989. The molecule has 150 valence electrons. The fourth-order valence-corrected chi connectivity index (χ4v) is 2.48. The second-order valence-corrected chi connectivity index (χ2v) is 5.93. The van der Waals surface area contributed by atoms with Crippen molar-refractivity contribution in [2.75, 3.05) is 42.8 Å². The van der Waals surface area contributed by atoms with Crippen molar-refractivity contribution >= 4 is 23.4 Å². The molecule has 0 unspecified atom stereocenters. The quantitative estimate of drug-likeness (QED) is 0.685. The highest BCUT2D eigenvalue weighted by atomic mass is 16.7. The number of hydrogen-bond acceptors (Lipinski definition) is 8. The highest BCUT2D eigenvalue weighted by Crippen LogP contribution is 2.24. The summed E-state index contributed by atoms with van der Waals surface area (Å²) in [5.41, 5.74) is 1.46. The van der Waals surface area contributed by atoms with Crippen LogP contribution in [0, 0.1) is 11.3 Å². The van der Waals surface area contributed by atoms with Crippen molar-refractivity contribution in [3.63, 3.8) is 0 Å². The third-order valence-electron chi connectivity index (χ3n) is 3.99. The van der Waals surface area contributed by atoms with E-state index in [0.29, 0.717) is 41.7 Å². The molecule has 29 heavy (non-hydrogen) atoms. The molecule has 0 fully saturated rings. The van der Waals surface area contributed by atoms with Gasteiger partial charge in [-0.05, 0) is 12.1 Å². The number of nitrogens with zero attached hydrogens (tertiary/aromatic N) is 4. The Morgan fingerprint density at radius 1 is 1.38 bits per heavy atom. The molecule has 2 aromatic rings. The standard InChI is InChI=1S/C19H20N6O4/c1-25(17-5-3-4-14(23-17)18-28-8-9-29-18)19(26)24-16-10-15(21-6-7-27-2)13(11-20)12-22-16/h3-5,8-10,12,18H,6-7H2,1-2H3,(H2,21,22,24,26). The molecule has 10 nitrogen and oxygen atoms in total. The Labute approximate surface area is 167 Å². The maximum Gasteiger partial charge on any atom is 0.328 e. The van der Waals surface area contributed by atoms with Crippen LogP contribution in [0.1, 0.15) is 17.5 Å². The molecule has 2 N–H and O–H groups in total. The minimum absolute atomic E-state index is 0.295.